The molecule has 0 amide bonds. The molecule has 0 aliphatic rings. The van der Waals surface area contributed by atoms with E-state index in [0.717, 1.165) is 17.0 Å². The van der Waals surface area contributed by atoms with E-state index < -0.39 is 11.9 Å². The van der Waals surface area contributed by atoms with Crippen molar-refractivity contribution in [3.05, 3.63) is 33.0 Å². The van der Waals surface area contributed by atoms with Gasteiger partial charge in [-0.3, -0.25) is 4.98 Å². The number of pyridine rings is 1. The zero-order chi connectivity index (χ0) is 14.2. The summed E-state index contributed by atoms with van der Waals surface area (Å²) in [5, 5.41) is 0.363. The molecule has 2 rings (SSSR count). The van der Waals surface area contributed by atoms with Crippen molar-refractivity contribution in [2.24, 2.45) is 0 Å². The summed E-state index contributed by atoms with van der Waals surface area (Å²) in [6, 6.07) is 1.72. The number of hydrogen-bond donors (Lipinski definition) is 0. The van der Waals surface area contributed by atoms with Crippen LogP contribution in [0.5, 0.6) is 0 Å². The summed E-state index contributed by atoms with van der Waals surface area (Å²) in [4.78, 5) is 8.08. The van der Waals surface area contributed by atoms with Crippen LogP contribution in [0.1, 0.15) is 23.2 Å². The Balaban J connectivity index is 2.58. The predicted molar refractivity (Wildman–Crippen MR) is 72.2 cm³/mol. The van der Waals surface area contributed by atoms with Gasteiger partial charge in [0.25, 0.3) is 0 Å². The standard InChI is InChI=1S/C12H10BrF3N2S/c1-3-9-10(12(14,15)16)18-11(19-9)7-4-6(2)17-5-8(7)13/h4-5H,3H2,1-2H3. The summed E-state index contributed by atoms with van der Waals surface area (Å²) < 4.78 is 39.2. The monoisotopic (exact) mass is 350 g/mol. The summed E-state index contributed by atoms with van der Waals surface area (Å²) in [5.41, 5.74) is 0.596. The van der Waals surface area contributed by atoms with Crippen LogP contribution >= 0.6 is 27.3 Å². The topological polar surface area (TPSA) is 25.8 Å². The van der Waals surface area contributed by atoms with Gasteiger partial charge in [-0.05, 0) is 35.3 Å². The van der Waals surface area contributed by atoms with Crippen LogP contribution in [0.2, 0.25) is 0 Å². The lowest BCUT2D eigenvalue weighted by atomic mass is 10.2. The van der Waals surface area contributed by atoms with Crippen LogP contribution in [0.25, 0.3) is 10.6 Å². The second kappa shape index (κ2) is 5.20. The zero-order valence-electron chi connectivity index (χ0n) is 10.2. The molecule has 0 aliphatic heterocycles. The van der Waals surface area contributed by atoms with Crippen LogP contribution in [-0.4, -0.2) is 9.97 Å². The summed E-state index contributed by atoms with van der Waals surface area (Å²) in [6.07, 6.45) is -2.52. The van der Waals surface area contributed by atoms with Crippen molar-refractivity contribution in [2.45, 2.75) is 26.4 Å². The number of hydrogen-bond acceptors (Lipinski definition) is 3. The highest BCUT2D eigenvalue weighted by Crippen LogP contribution is 2.39. The van der Waals surface area contributed by atoms with Gasteiger partial charge in [-0.2, -0.15) is 13.2 Å². The second-order valence-electron chi connectivity index (χ2n) is 3.95. The second-order valence-corrected chi connectivity index (χ2v) is 5.89. The molecule has 19 heavy (non-hydrogen) atoms. The first-order valence-electron chi connectivity index (χ1n) is 5.52. The zero-order valence-corrected chi connectivity index (χ0v) is 12.6. The maximum Gasteiger partial charge on any atom is 0.434 e. The number of halogens is 4. The van der Waals surface area contributed by atoms with Crippen LogP contribution in [0, 0.1) is 6.92 Å². The Hall–Kier alpha value is -0.950. The van der Waals surface area contributed by atoms with E-state index in [1.807, 2.05) is 0 Å². The molecule has 0 saturated heterocycles. The largest absolute Gasteiger partial charge is 0.434 e. The molecule has 0 aliphatic carbocycles. The normalized spacial score (nSPS) is 11.9. The molecule has 0 unspecified atom stereocenters. The summed E-state index contributed by atoms with van der Waals surface area (Å²) in [6.45, 7) is 3.48. The lowest BCUT2D eigenvalue weighted by molar-refractivity contribution is -0.141. The van der Waals surface area contributed by atoms with E-state index in [0.29, 0.717) is 21.5 Å². The highest BCUT2D eigenvalue weighted by molar-refractivity contribution is 9.10. The smallest absolute Gasteiger partial charge is 0.260 e. The first-order chi connectivity index (χ1) is 8.82. The van der Waals surface area contributed by atoms with E-state index in [-0.39, 0.29) is 4.88 Å². The summed E-state index contributed by atoms with van der Waals surface area (Å²) in [5.74, 6) is 0. The molecule has 0 spiro atoms. The van der Waals surface area contributed by atoms with Gasteiger partial charge in [0.2, 0.25) is 0 Å². The van der Waals surface area contributed by atoms with E-state index in [2.05, 4.69) is 25.9 Å². The van der Waals surface area contributed by atoms with Gasteiger partial charge >= 0.3 is 6.18 Å². The highest BCUT2D eigenvalue weighted by atomic mass is 79.9. The summed E-state index contributed by atoms with van der Waals surface area (Å²) in [7, 11) is 0. The quantitative estimate of drug-likeness (QED) is 0.773. The molecule has 2 heterocycles. The molecule has 0 radical (unpaired) electrons. The van der Waals surface area contributed by atoms with E-state index in [1.165, 1.54) is 0 Å². The Morgan fingerprint density at radius 1 is 1.37 bits per heavy atom. The fraction of sp³-hybridized carbons (Fsp3) is 0.333. The van der Waals surface area contributed by atoms with Crippen LogP contribution in [0.3, 0.4) is 0 Å². The minimum absolute atomic E-state index is 0.254. The van der Waals surface area contributed by atoms with Crippen LogP contribution < -0.4 is 0 Å². The van der Waals surface area contributed by atoms with Gasteiger partial charge in [0, 0.05) is 26.8 Å². The van der Waals surface area contributed by atoms with Crippen molar-refractivity contribution < 1.29 is 13.2 Å². The van der Waals surface area contributed by atoms with Gasteiger partial charge in [0.1, 0.15) is 5.01 Å². The Morgan fingerprint density at radius 3 is 2.58 bits per heavy atom. The first-order valence-corrected chi connectivity index (χ1v) is 7.13. The van der Waals surface area contributed by atoms with Gasteiger partial charge < -0.3 is 0 Å². The minimum atomic E-state index is -4.41. The number of aromatic nitrogens is 2. The van der Waals surface area contributed by atoms with Crippen molar-refractivity contribution in [2.75, 3.05) is 0 Å². The van der Waals surface area contributed by atoms with Crippen molar-refractivity contribution >= 4 is 27.3 Å². The van der Waals surface area contributed by atoms with Crippen molar-refractivity contribution in [1.29, 1.82) is 0 Å². The van der Waals surface area contributed by atoms with Crippen LogP contribution in [-0.2, 0) is 12.6 Å². The Morgan fingerprint density at radius 2 is 2.05 bits per heavy atom. The Labute approximate surface area is 120 Å². The van der Waals surface area contributed by atoms with Crippen molar-refractivity contribution in [1.82, 2.24) is 9.97 Å². The van der Waals surface area contributed by atoms with Gasteiger partial charge in [-0.15, -0.1) is 11.3 Å². The van der Waals surface area contributed by atoms with Gasteiger partial charge in [0.15, 0.2) is 5.69 Å². The molecule has 2 aromatic rings. The Kier molecular flexibility index (Phi) is 3.96. The van der Waals surface area contributed by atoms with Gasteiger partial charge in [-0.25, -0.2) is 4.98 Å². The lowest BCUT2D eigenvalue weighted by Gasteiger charge is -2.04. The molecule has 0 aromatic carbocycles. The van der Waals surface area contributed by atoms with Gasteiger partial charge in [0.05, 0.1) is 0 Å². The molecule has 0 fully saturated rings. The molecule has 7 heteroatoms. The highest BCUT2D eigenvalue weighted by Gasteiger charge is 2.37. The molecule has 102 valence electrons. The number of aryl methyl sites for hydroxylation is 2. The minimum Gasteiger partial charge on any atom is -0.260 e. The number of rotatable bonds is 2. The fourth-order valence-corrected chi connectivity index (χ4v) is 3.22. The number of thiazole rings is 1. The molecule has 0 saturated carbocycles. The average Bonchev–Trinajstić information content (AvgIpc) is 2.76. The predicted octanol–water partition coefficient (Wildman–Crippen LogP) is 4.86. The van der Waals surface area contributed by atoms with E-state index >= 15 is 0 Å². The molecule has 0 bridgehead atoms. The van der Waals surface area contributed by atoms with Crippen molar-refractivity contribution in [3.8, 4) is 10.6 Å². The molecular weight excluding hydrogens is 341 g/mol. The average molecular weight is 351 g/mol. The first kappa shape index (κ1) is 14.5. The fourth-order valence-electron chi connectivity index (χ4n) is 1.64. The number of alkyl halides is 3. The van der Waals surface area contributed by atoms with E-state index in [4.69, 9.17) is 0 Å². The maximum absolute atomic E-state index is 12.9. The maximum atomic E-state index is 12.9. The van der Waals surface area contributed by atoms with Crippen LogP contribution in [0.4, 0.5) is 13.2 Å². The number of nitrogens with zero attached hydrogens (tertiary/aromatic N) is 2. The molecule has 2 nitrogen and oxygen atoms in total. The van der Waals surface area contributed by atoms with E-state index in [9.17, 15) is 13.2 Å². The SMILES string of the molecule is CCc1sc(-c2cc(C)ncc2Br)nc1C(F)(F)F. The molecule has 2 aromatic heterocycles. The molecular formula is C12H10BrF3N2S. The van der Waals surface area contributed by atoms with E-state index in [1.54, 1.807) is 26.1 Å². The third-order valence-electron chi connectivity index (χ3n) is 2.51. The lowest BCUT2D eigenvalue weighted by Crippen LogP contribution is -2.08. The Bertz CT molecular complexity index is 608. The third-order valence-corrected chi connectivity index (χ3v) is 4.37. The van der Waals surface area contributed by atoms with Gasteiger partial charge in [-0.1, -0.05) is 6.92 Å². The van der Waals surface area contributed by atoms with Crippen LogP contribution in [0.15, 0.2) is 16.7 Å². The summed E-state index contributed by atoms with van der Waals surface area (Å²) >= 11 is 4.37. The van der Waals surface area contributed by atoms with Crippen molar-refractivity contribution in [3.63, 3.8) is 0 Å². The third kappa shape index (κ3) is 2.97. The molecule has 0 N–H and O–H groups in total. The molecule has 0 atom stereocenters.